The van der Waals surface area contributed by atoms with E-state index in [1.54, 1.807) is 12.1 Å². The second-order valence-corrected chi connectivity index (χ2v) is 4.44. The summed E-state index contributed by atoms with van der Waals surface area (Å²) < 4.78 is 0.686. The molecule has 1 heterocycles. The van der Waals surface area contributed by atoms with E-state index in [9.17, 15) is 5.21 Å². The average Bonchev–Trinajstić information content (AvgIpc) is 2.51. The number of likely N-dealkylation sites (N-methyl/N-ethyl adjacent to an activating group) is 1. The van der Waals surface area contributed by atoms with Crippen LogP contribution in [0.5, 0.6) is 0 Å². The van der Waals surface area contributed by atoms with Gasteiger partial charge in [-0.15, -0.1) is 5.11 Å². The van der Waals surface area contributed by atoms with Crippen molar-refractivity contribution in [2.75, 3.05) is 24.6 Å². The summed E-state index contributed by atoms with van der Waals surface area (Å²) in [6.07, 6.45) is 2.76. The summed E-state index contributed by atoms with van der Waals surface area (Å²) >= 11 is 0. The zero-order chi connectivity index (χ0) is 15.1. The first-order valence-corrected chi connectivity index (χ1v) is 6.79. The molecule has 6 heteroatoms. The van der Waals surface area contributed by atoms with Gasteiger partial charge in [-0.3, -0.25) is 0 Å². The molecule has 0 radical (unpaired) electrons. The third kappa shape index (κ3) is 4.25. The molecule has 6 nitrogen and oxygen atoms in total. The smallest absolute Gasteiger partial charge is 0.207 e. The van der Waals surface area contributed by atoms with Crippen molar-refractivity contribution in [1.82, 2.24) is 0 Å². The van der Waals surface area contributed by atoms with Crippen LogP contribution in [0.2, 0.25) is 0 Å². The first kappa shape index (κ1) is 14.9. The van der Waals surface area contributed by atoms with Gasteiger partial charge in [0.15, 0.2) is 11.9 Å². The van der Waals surface area contributed by atoms with Crippen molar-refractivity contribution in [3.8, 4) is 0 Å². The minimum Gasteiger partial charge on any atom is -0.619 e. The van der Waals surface area contributed by atoms with Gasteiger partial charge >= 0.3 is 0 Å². The minimum atomic E-state index is 0.124. The van der Waals surface area contributed by atoms with E-state index in [2.05, 4.69) is 15.1 Å². The molecule has 0 aliphatic heterocycles. The highest BCUT2D eigenvalue weighted by atomic mass is 16.5. The summed E-state index contributed by atoms with van der Waals surface area (Å²) in [4.78, 5) is 2.07. The number of aromatic nitrogens is 1. The molecule has 0 bridgehead atoms. The van der Waals surface area contributed by atoms with Crippen molar-refractivity contribution < 1.29 is 9.84 Å². The zero-order valence-electron chi connectivity index (χ0n) is 11.9. The predicted octanol–water partition coefficient (Wildman–Crippen LogP) is 2.55. The van der Waals surface area contributed by atoms with Gasteiger partial charge in [0.05, 0.1) is 12.3 Å². The second-order valence-electron chi connectivity index (χ2n) is 4.44. The van der Waals surface area contributed by atoms with Crippen LogP contribution >= 0.6 is 0 Å². The van der Waals surface area contributed by atoms with E-state index in [1.165, 1.54) is 12.4 Å². The van der Waals surface area contributed by atoms with Gasteiger partial charge in [0.1, 0.15) is 0 Å². The van der Waals surface area contributed by atoms with Crippen molar-refractivity contribution in [2.45, 2.75) is 6.92 Å². The number of anilines is 1. The maximum absolute atomic E-state index is 11.1. The van der Waals surface area contributed by atoms with Gasteiger partial charge in [0.25, 0.3) is 0 Å². The normalized spacial score (nSPS) is 11.0. The Balaban J connectivity index is 2.08. The molecule has 1 aromatic carbocycles. The molecular formula is C15H18N4O2. The Hall–Kier alpha value is -2.47. The molecule has 0 aliphatic rings. The van der Waals surface area contributed by atoms with Crippen molar-refractivity contribution in [3.05, 3.63) is 54.0 Å². The van der Waals surface area contributed by atoms with Crippen LogP contribution in [-0.2, 0) is 0 Å². The lowest BCUT2D eigenvalue weighted by Gasteiger charge is -2.21. The molecule has 21 heavy (non-hydrogen) atoms. The van der Waals surface area contributed by atoms with Crippen molar-refractivity contribution in [2.24, 2.45) is 10.2 Å². The largest absolute Gasteiger partial charge is 0.619 e. The molecule has 0 saturated carbocycles. The quantitative estimate of drug-likeness (QED) is 0.504. The number of hydrogen-bond donors (Lipinski definition) is 1. The second kappa shape index (κ2) is 7.35. The Bertz CT molecular complexity index is 599. The van der Waals surface area contributed by atoms with Crippen LogP contribution in [0, 0.1) is 5.21 Å². The molecule has 0 aliphatic carbocycles. The lowest BCUT2D eigenvalue weighted by atomic mass is 10.2. The maximum atomic E-state index is 11.1. The molecule has 0 saturated heterocycles. The topological polar surface area (TPSA) is 75.1 Å². The van der Waals surface area contributed by atoms with Crippen molar-refractivity contribution in [1.29, 1.82) is 0 Å². The first-order valence-electron chi connectivity index (χ1n) is 6.79. The van der Waals surface area contributed by atoms with Gasteiger partial charge in [-0.2, -0.15) is 9.84 Å². The molecule has 0 fully saturated rings. The van der Waals surface area contributed by atoms with E-state index in [0.29, 0.717) is 22.6 Å². The van der Waals surface area contributed by atoms with E-state index in [0.717, 1.165) is 12.2 Å². The number of pyridine rings is 1. The fourth-order valence-electron chi connectivity index (χ4n) is 1.94. The van der Waals surface area contributed by atoms with Gasteiger partial charge in [-0.25, -0.2) is 0 Å². The standard InChI is InChI=1S/C15H18N4O2/c1-2-18(10-11-20)15-7-5-13(6-8-15)16-17-14-4-3-9-19(21)12-14/h3-9,12,20H,2,10-11H2,1H3/b17-16+. The summed E-state index contributed by atoms with van der Waals surface area (Å²) in [5.74, 6) is 0. The van der Waals surface area contributed by atoms with Gasteiger partial charge in [-0.1, -0.05) is 0 Å². The Morgan fingerprint density at radius 1 is 1.14 bits per heavy atom. The molecule has 0 spiro atoms. The Morgan fingerprint density at radius 3 is 2.48 bits per heavy atom. The molecule has 110 valence electrons. The summed E-state index contributed by atoms with van der Waals surface area (Å²) in [6, 6.07) is 10.9. The molecule has 0 atom stereocenters. The van der Waals surface area contributed by atoms with E-state index in [1.807, 2.05) is 31.2 Å². The number of rotatable bonds is 6. The molecule has 1 aromatic heterocycles. The lowest BCUT2D eigenvalue weighted by Crippen LogP contribution is -2.25. The number of aliphatic hydroxyl groups is 1. The highest BCUT2D eigenvalue weighted by molar-refractivity contribution is 5.52. The summed E-state index contributed by atoms with van der Waals surface area (Å²) in [5.41, 5.74) is 2.25. The third-order valence-electron chi connectivity index (χ3n) is 3.01. The van der Waals surface area contributed by atoms with Crippen LogP contribution in [0.15, 0.2) is 59.0 Å². The van der Waals surface area contributed by atoms with Crippen LogP contribution < -0.4 is 9.63 Å². The van der Waals surface area contributed by atoms with Crippen LogP contribution in [0.4, 0.5) is 17.1 Å². The zero-order valence-corrected chi connectivity index (χ0v) is 11.9. The van der Waals surface area contributed by atoms with Gasteiger partial charge in [0.2, 0.25) is 6.20 Å². The van der Waals surface area contributed by atoms with Crippen LogP contribution in [0.1, 0.15) is 6.92 Å². The van der Waals surface area contributed by atoms with Gasteiger partial charge in [0, 0.05) is 24.8 Å². The Morgan fingerprint density at radius 2 is 1.86 bits per heavy atom. The van der Waals surface area contributed by atoms with Crippen LogP contribution in [0.25, 0.3) is 0 Å². The Kier molecular flexibility index (Phi) is 5.22. The van der Waals surface area contributed by atoms with E-state index in [-0.39, 0.29) is 6.61 Å². The first-order chi connectivity index (χ1) is 10.2. The van der Waals surface area contributed by atoms with E-state index >= 15 is 0 Å². The number of benzene rings is 1. The monoisotopic (exact) mass is 286 g/mol. The SMILES string of the molecule is CCN(CCO)c1ccc(/N=N/c2ccc[n+]([O-])c2)cc1. The molecule has 0 unspecified atom stereocenters. The summed E-state index contributed by atoms with van der Waals surface area (Å²) in [5, 5.41) is 28.2. The fraction of sp³-hybridized carbons (Fsp3) is 0.267. The predicted molar refractivity (Wildman–Crippen MR) is 81.0 cm³/mol. The van der Waals surface area contributed by atoms with Crippen LogP contribution in [-0.4, -0.2) is 24.8 Å². The highest BCUT2D eigenvalue weighted by Crippen LogP contribution is 2.21. The van der Waals surface area contributed by atoms with Crippen LogP contribution in [0.3, 0.4) is 0 Å². The number of aliphatic hydroxyl groups excluding tert-OH is 1. The number of azo groups is 1. The minimum absolute atomic E-state index is 0.124. The summed E-state index contributed by atoms with van der Waals surface area (Å²) in [6.45, 7) is 3.59. The van der Waals surface area contributed by atoms with Crippen molar-refractivity contribution in [3.63, 3.8) is 0 Å². The van der Waals surface area contributed by atoms with Gasteiger partial charge < -0.3 is 15.2 Å². The molecule has 2 rings (SSSR count). The average molecular weight is 286 g/mol. The van der Waals surface area contributed by atoms with Gasteiger partial charge in [-0.05, 0) is 37.3 Å². The van der Waals surface area contributed by atoms with E-state index in [4.69, 9.17) is 5.11 Å². The summed E-state index contributed by atoms with van der Waals surface area (Å²) in [7, 11) is 0. The van der Waals surface area contributed by atoms with Crippen molar-refractivity contribution >= 4 is 17.1 Å². The number of nitrogens with zero attached hydrogens (tertiary/aromatic N) is 4. The molecule has 2 aromatic rings. The third-order valence-corrected chi connectivity index (χ3v) is 3.01. The lowest BCUT2D eigenvalue weighted by molar-refractivity contribution is -0.604. The fourth-order valence-corrected chi connectivity index (χ4v) is 1.94. The maximum Gasteiger partial charge on any atom is 0.207 e. The molecule has 0 amide bonds. The number of hydrogen-bond acceptors (Lipinski definition) is 5. The molecule has 1 N–H and O–H groups in total. The highest BCUT2D eigenvalue weighted by Gasteiger charge is 2.03. The molecular weight excluding hydrogens is 268 g/mol. The Labute approximate surface area is 123 Å². The van der Waals surface area contributed by atoms with E-state index < -0.39 is 0 Å².